The molecule has 1 unspecified atom stereocenters. The van der Waals surface area contributed by atoms with E-state index in [1.54, 1.807) is 0 Å². The molecule has 19 heavy (non-hydrogen) atoms. The lowest BCUT2D eigenvalue weighted by Gasteiger charge is -2.46. The maximum Gasteiger partial charge on any atom is 0.0645 e. The van der Waals surface area contributed by atoms with Crippen LogP contribution < -0.4 is 5.73 Å². The molecule has 1 fully saturated rings. The summed E-state index contributed by atoms with van der Waals surface area (Å²) in [6, 6.07) is 6.00. The lowest BCUT2D eigenvalue weighted by molar-refractivity contribution is -0.0713. The Morgan fingerprint density at radius 1 is 1.53 bits per heavy atom. The largest absolute Gasteiger partial charge is 0.378 e. The molecule has 0 aliphatic carbocycles. The molecule has 1 atom stereocenters. The maximum atomic E-state index is 6.12. The molecule has 5 heteroatoms. The molecule has 106 valence electrons. The smallest absolute Gasteiger partial charge is 0.0645 e. The summed E-state index contributed by atoms with van der Waals surface area (Å²) in [4.78, 5) is 2.41. The zero-order valence-electron chi connectivity index (χ0n) is 11.3. The normalized spacial score (nSPS) is 21.3. The van der Waals surface area contributed by atoms with Gasteiger partial charge in [-0.25, -0.2) is 0 Å². The van der Waals surface area contributed by atoms with Crippen LogP contribution in [-0.4, -0.2) is 36.7 Å². The summed E-state index contributed by atoms with van der Waals surface area (Å²) in [5.41, 5.74) is 7.15. The van der Waals surface area contributed by atoms with E-state index in [1.165, 1.54) is 0 Å². The number of hydrogen-bond donors (Lipinski definition) is 1. The molecule has 0 bridgehead atoms. The molecule has 0 radical (unpaired) electrons. The minimum atomic E-state index is -0.0238. The van der Waals surface area contributed by atoms with Crippen molar-refractivity contribution in [3.8, 4) is 0 Å². The second kappa shape index (κ2) is 6.10. The molecule has 1 aromatic rings. The summed E-state index contributed by atoms with van der Waals surface area (Å²) in [6.07, 6.45) is 0. The second-order valence-corrected chi connectivity index (χ2v) is 6.77. The van der Waals surface area contributed by atoms with Crippen molar-refractivity contribution in [1.29, 1.82) is 0 Å². The van der Waals surface area contributed by atoms with Crippen LogP contribution in [0.1, 0.15) is 25.5 Å². The van der Waals surface area contributed by atoms with E-state index in [2.05, 4.69) is 34.7 Å². The molecule has 2 N–H and O–H groups in total. The minimum absolute atomic E-state index is 0.0238. The fourth-order valence-electron chi connectivity index (χ4n) is 2.64. The first-order valence-corrected chi connectivity index (χ1v) is 7.62. The summed E-state index contributed by atoms with van der Waals surface area (Å²) in [6.45, 7) is 7.29. The highest BCUT2D eigenvalue weighted by Crippen LogP contribution is 2.34. The summed E-state index contributed by atoms with van der Waals surface area (Å²) >= 11 is 9.73. The van der Waals surface area contributed by atoms with Crippen LogP contribution >= 0.6 is 27.5 Å². The fraction of sp³-hybridized carbons (Fsp3) is 0.571. The molecule has 0 saturated carbocycles. The Bertz CT molecular complexity index is 453. The first kappa shape index (κ1) is 15.3. The first-order valence-electron chi connectivity index (χ1n) is 6.45. The predicted octanol–water partition coefficient (Wildman–Crippen LogP) is 3.21. The zero-order chi connectivity index (χ0) is 14.0. The molecule has 0 amide bonds. The number of morpholine rings is 1. The van der Waals surface area contributed by atoms with Crippen molar-refractivity contribution in [2.45, 2.75) is 25.4 Å². The lowest BCUT2D eigenvalue weighted by atomic mass is 9.95. The number of nitrogens with zero attached hydrogens (tertiary/aromatic N) is 1. The molecule has 1 aliphatic heterocycles. The van der Waals surface area contributed by atoms with E-state index >= 15 is 0 Å². The number of hydrogen-bond acceptors (Lipinski definition) is 3. The second-order valence-electron chi connectivity index (χ2n) is 5.48. The van der Waals surface area contributed by atoms with Gasteiger partial charge in [-0.05, 0) is 37.6 Å². The minimum Gasteiger partial charge on any atom is -0.378 e. The van der Waals surface area contributed by atoms with Gasteiger partial charge in [0, 0.05) is 34.2 Å². The topological polar surface area (TPSA) is 38.5 Å². The van der Waals surface area contributed by atoms with Gasteiger partial charge in [-0.3, -0.25) is 4.90 Å². The Balaban J connectivity index is 2.35. The van der Waals surface area contributed by atoms with Crippen molar-refractivity contribution >= 4 is 27.5 Å². The van der Waals surface area contributed by atoms with Crippen LogP contribution in [0.5, 0.6) is 0 Å². The van der Waals surface area contributed by atoms with E-state index in [1.807, 2.05) is 18.2 Å². The van der Waals surface area contributed by atoms with Gasteiger partial charge in [0.05, 0.1) is 13.2 Å². The Labute approximate surface area is 128 Å². The molecule has 1 aliphatic rings. The van der Waals surface area contributed by atoms with Crippen molar-refractivity contribution in [2.75, 3.05) is 26.3 Å². The van der Waals surface area contributed by atoms with Gasteiger partial charge in [0.25, 0.3) is 0 Å². The molecule has 2 rings (SSSR count). The van der Waals surface area contributed by atoms with Gasteiger partial charge in [0.15, 0.2) is 0 Å². The molecular weight excluding hydrogens is 328 g/mol. The van der Waals surface area contributed by atoms with Crippen molar-refractivity contribution in [1.82, 2.24) is 4.90 Å². The molecule has 1 saturated heterocycles. The third-order valence-corrected chi connectivity index (χ3v) is 4.58. The number of ether oxygens (including phenoxy) is 1. The van der Waals surface area contributed by atoms with Gasteiger partial charge in [-0.15, -0.1) is 0 Å². The Hall–Kier alpha value is -0.130. The zero-order valence-corrected chi connectivity index (χ0v) is 13.7. The quantitative estimate of drug-likeness (QED) is 0.912. The molecule has 1 aromatic carbocycles. The van der Waals surface area contributed by atoms with Crippen molar-refractivity contribution in [3.63, 3.8) is 0 Å². The Kier molecular flexibility index (Phi) is 4.90. The number of rotatable bonds is 3. The maximum absolute atomic E-state index is 6.12. The van der Waals surface area contributed by atoms with Crippen molar-refractivity contribution < 1.29 is 4.74 Å². The van der Waals surface area contributed by atoms with Crippen LogP contribution in [0.15, 0.2) is 22.7 Å². The molecular formula is C14H20BrClN2O. The van der Waals surface area contributed by atoms with Gasteiger partial charge < -0.3 is 10.5 Å². The summed E-state index contributed by atoms with van der Waals surface area (Å²) < 4.78 is 6.63. The summed E-state index contributed by atoms with van der Waals surface area (Å²) in [5, 5.41) is 0.739. The van der Waals surface area contributed by atoms with Crippen LogP contribution in [0.2, 0.25) is 5.02 Å². The van der Waals surface area contributed by atoms with Gasteiger partial charge in [-0.1, -0.05) is 27.5 Å². The molecule has 0 spiro atoms. The van der Waals surface area contributed by atoms with Crippen LogP contribution in [0.3, 0.4) is 0 Å². The van der Waals surface area contributed by atoms with E-state index in [0.717, 1.165) is 34.8 Å². The highest BCUT2D eigenvalue weighted by molar-refractivity contribution is 9.10. The number of halogens is 2. The van der Waals surface area contributed by atoms with E-state index in [4.69, 9.17) is 22.1 Å². The van der Waals surface area contributed by atoms with Gasteiger partial charge >= 0.3 is 0 Å². The fourth-order valence-corrected chi connectivity index (χ4v) is 3.33. The summed E-state index contributed by atoms with van der Waals surface area (Å²) in [5.74, 6) is 0. The van der Waals surface area contributed by atoms with E-state index in [0.29, 0.717) is 6.54 Å². The standard InChI is InChI=1S/C14H20BrClN2O/c1-14(2)9-19-6-5-18(14)13(8-17)11-7-10(16)3-4-12(11)15/h3-4,7,13H,5-6,8-9,17H2,1-2H3. The first-order chi connectivity index (χ1) is 8.95. The van der Waals surface area contributed by atoms with Crippen LogP contribution in [0.4, 0.5) is 0 Å². The SMILES string of the molecule is CC1(C)COCCN1C(CN)c1cc(Cl)ccc1Br. The Morgan fingerprint density at radius 2 is 2.26 bits per heavy atom. The summed E-state index contributed by atoms with van der Waals surface area (Å²) in [7, 11) is 0. The van der Waals surface area contributed by atoms with E-state index in [9.17, 15) is 0 Å². The number of nitrogens with two attached hydrogens (primary N) is 1. The van der Waals surface area contributed by atoms with Crippen LogP contribution in [0.25, 0.3) is 0 Å². The molecule has 0 aromatic heterocycles. The number of benzene rings is 1. The average molecular weight is 348 g/mol. The molecule has 1 heterocycles. The highest BCUT2D eigenvalue weighted by Gasteiger charge is 2.36. The lowest BCUT2D eigenvalue weighted by Crippen LogP contribution is -2.55. The monoisotopic (exact) mass is 346 g/mol. The van der Waals surface area contributed by atoms with E-state index < -0.39 is 0 Å². The Morgan fingerprint density at radius 3 is 2.89 bits per heavy atom. The van der Waals surface area contributed by atoms with Gasteiger partial charge in [0.1, 0.15) is 0 Å². The average Bonchev–Trinajstić information content (AvgIpc) is 2.36. The van der Waals surface area contributed by atoms with Crippen LogP contribution in [0, 0.1) is 0 Å². The van der Waals surface area contributed by atoms with Gasteiger partial charge in [0.2, 0.25) is 0 Å². The highest BCUT2D eigenvalue weighted by atomic mass is 79.9. The van der Waals surface area contributed by atoms with Gasteiger partial charge in [-0.2, -0.15) is 0 Å². The molecule has 3 nitrogen and oxygen atoms in total. The third kappa shape index (κ3) is 3.31. The third-order valence-electron chi connectivity index (χ3n) is 3.63. The van der Waals surface area contributed by atoms with Crippen LogP contribution in [-0.2, 0) is 4.74 Å². The van der Waals surface area contributed by atoms with E-state index in [-0.39, 0.29) is 11.6 Å². The predicted molar refractivity (Wildman–Crippen MR) is 82.6 cm³/mol. The van der Waals surface area contributed by atoms with Crippen molar-refractivity contribution in [3.05, 3.63) is 33.3 Å². The van der Waals surface area contributed by atoms with Crippen molar-refractivity contribution in [2.24, 2.45) is 5.73 Å².